The van der Waals surface area contributed by atoms with Crippen molar-refractivity contribution in [2.24, 2.45) is 0 Å². The fourth-order valence-corrected chi connectivity index (χ4v) is 3.90. The van der Waals surface area contributed by atoms with Gasteiger partial charge in [0.15, 0.2) is 0 Å². The normalized spacial score (nSPS) is 24.4. The van der Waals surface area contributed by atoms with Gasteiger partial charge in [0.2, 0.25) is 5.91 Å². The van der Waals surface area contributed by atoms with E-state index in [0.717, 1.165) is 25.4 Å². The molecular formula is C14H18N2OS. The Hall–Kier alpha value is -1.00. The van der Waals surface area contributed by atoms with Gasteiger partial charge in [0.1, 0.15) is 0 Å². The van der Waals surface area contributed by atoms with Crippen molar-refractivity contribution in [3.05, 3.63) is 29.8 Å². The quantitative estimate of drug-likeness (QED) is 0.809. The molecule has 3 rings (SSSR count). The van der Waals surface area contributed by atoms with E-state index in [1.165, 1.54) is 10.5 Å². The number of likely N-dealkylation sites (N-methyl/N-ethyl adjacent to an activating group) is 1. The largest absolute Gasteiger partial charge is 0.343 e. The van der Waals surface area contributed by atoms with Crippen LogP contribution in [0.25, 0.3) is 0 Å². The number of nitrogens with zero attached hydrogens (tertiary/aromatic N) is 2. The molecule has 1 atom stereocenters. The summed E-state index contributed by atoms with van der Waals surface area (Å²) >= 11 is 1.94. The highest BCUT2D eigenvalue weighted by atomic mass is 32.2. The maximum absolute atomic E-state index is 11.7. The Morgan fingerprint density at radius 3 is 3.00 bits per heavy atom. The number of carbonyl (C=O) groups is 1. The number of hydrogen-bond acceptors (Lipinski definition) is 3. The second-order valence-electron chi connectivity index (χ2n) is 5.10. The van der Waals surface area contributed by atoms with Crippen LogP contribution in [-0.2, 0) is 4.79 Å². The molecule has 0 aromatic heterocycles. The summed E-state index contributed by atoms with van der Waals surface area (Å²) in [5, 5.41) is 0. The van der Waals surface area contributed by atoms with Crippen molar-refractivity contribution in [3.63, 3.8) is 0 Å². The molecule has 0 radical (unpaired) electrons. The average molecular weight is 262 g/mol. The van der Waals surface area contributed by atoms with E-state index in [2.05, 4.69) is 29.2 Å². The minimum atomic E-state index is 0.250. The van der Waals surface area contributed by atoms with Crippen LogP contribution in [0.1, 0.15) is 11.5 Å². The van der Waals surface area contributed by atoms with Gasteiger partial charge in [0.25, 0.3) is 0 Å². The zero-order chi connectivity index (χ0) is 12.5. The Morgan fingerprint density at radius 2 is 2.17 bits per heavy atom. The summed E-state index contributed by atoms with van der Waals surface area (Å²) in [6, 6.07) is 8.66. The van der Waals surface area contributed by atoms with E-state index in [9.17, 15) is 4.79 Å². The third-order valence-corrected chi connectivity index (χ3v) is 5.07. The highest BCUT2D eigenvalue weighted by Crippen LogP contribution is 2.39. The van der Waals surface area contributed by atoms with E-state index in [-0.39, 0.29) is 5.91 Å². The van der Waals surface area contributed by atoms with Crippen LogP contribution >= 0.6 is 11.8 Å². The molecule has 1 fully saturated rings. The van der Waals surface area contributed by atoms with E-state index in [1.807, 2.05) is 23.7 Å². The van der Waals surface area contributed by atoms with Crippen LogP contribution < -0.4 is 0 Å². The van der Waals surface area contributed by atoms with Gasteiger partial charge in [-0.15, -0.1) is 11.8 Å². The predicted octanol–water partition coefficient (Wildman–Crippen LogP) is 1.65. The topological polar surface area (TPSA) is 23.6 Å². The highest BCUT2D eigenvalue weighted by molar-refractivity contribution is 7.99. The Morgan fingerprint density at radius 1 is 1.33 bits per heavy atom. The highest BCUT2D eigenvalue weighted by Gasteiger charge is 2.28. The number of thioether (sulfide) groups is 1. The number of benzene rings is 1. The maximum Gasteiger partial charge on any atom is 0.236 e. The lowest BCUT2D eigenvalue weighted by Crippen LogP contribution is -2.49. The van der Waals surface area contributed by atoms with Gasteiger partial charge in [-0.2, -0.15) is 0 Å². The number of piperazine rings is 1. The van der Waals surface area contributed by atoms with Gasteiger partial charge >= 0.3 is 0 Å². The van der Waals surface area contributed by atoms with Crippen molar-refractivity contribution in [1.82, 2.24) is 9.80 Å². The first-order valence-corrected chi connectivity index (χ1v) is 7.40. The lowest BCUT2D eigenvalue weighted by molar-refractivity contribution is -0.134. The first kappa shape index (κ1) is 12.1. The molecule has 0 spiro atoms. The molecular weight excluding hydrogens is 244 g/mol. The molecule has 1 amide bonds. The standard InChI is InChI=1S/C14H18N2OS/c1-15-6-7-16(9-14(15)17)8-11-10-18-13-5-3-2-4-12(11)13/h2-5,11H,6-10H2,1H3. The van der Waals surface area contributed by atoms with Gasteiger partial charge in [0.05, 0.1) is 6.54 Å². The molecule has 18 heavy (non-hydrogen) atoms. The third-order valence-electron chi connectivity index (χ3n) is 3.81. The number of rotatable bonds is 2. The van der Waals surface area contributed by atoms with Crippen molar-refractivity contribution < 1.29 is 4.79 Å². The summed E-state index contributed by atoms with van der Waals surface area (Å²) in [5.41, 5.74) is 1.47. The Kier molecular flexibility index (Phi) is 3.31. The van der Waals surface area contributed by atoms with Gasteiger partial charge in [-0.1, -0.05) is 18.2 Å². The molecule has 0 bridgehead atoms. The van der Waals surface area contributed by atoms with E-state index in [1.54, 1.807) is 0 Å². The summed E-state index contributed by atoms with van der Waals surface area (Å²) in [6.45, 7) is 3.47. The Bertz CT molecular complexity index is 463. The van der Waals surface area contributed by atoms with Crippen molar-refractivity contribution in [2.45, 2.75) is 10.8 Å². The van der Waals surface area contributed by atoms with Crippen LogP contribution in [0.4, 0.5) is 0 Å². The zero-order valence-corrected chi connectivity index (χ0v) is 11.4. The second-order valence-corrected chi connectivity index (χ2v) is 6.16. The van der Waals surface area contributed by atoms with Crippen LogP contribution in [0.5, 0.6) is 0 Å². The molecule has 0 N–H and O–H groups in total. The van der Waals surface area contributed by atoms with Gasteiger partial charge in [-0.3, -0.25) is 9.69 Å². The van der Waals surface area contributed by atoms with Crippen molar-refractivity contribution >= 4 is 17.7 Å². The van der Waals surface area contributed by atoms with Crippen LogP contribution in [0.2, 0.25) is 0 Å². The van der Waals surface area contributed by atoms with Crippen molar-refractivity contribution in [3.8, 4) is 0 Å². The number of carbonyl (C=O) groups excluding carboxylic acids is 1. The lowest BCUT2D eigenvalue weighted by Gasteiger charge is -2.33. The molecule has 1 aromatic carbocycles. The molecule has 1 aromatic rings. The first-order valence-electron chi connectivity index (χ1n) is 6.42. The molecule has 0 aliphatic carbocycles. The van der Waals surface area contributed by atoms with Gasteiger partial charge in [-0.05, 0) is 11.6 Å². The minimum Gasteiger partial charge on any atom is -0.343 e. The molecule has 0 saturated carbocycles. The number of hydrogen-bond donors (Lipinski definition) is 0. The van der Waals surface area contributed by atoms with E-state index < -0.39 is 0 Å². The third kappa shape index (κ3) is 2.27. The molecule has 96 valence electrons. The van der Waals surface area contributed by atoms with Gasteiger partial charge in [0, 0.05) is 43.2 Å². The molecule has 2 heterocycles. The summed E-state index contributed by atoms with van der Waals surface area (Å²) in [6.07, 6.45) is 0. The van der Waals surface area contributed by atoms with Gasteiger partial charge in [-0.25, -0.2) is 0 Å². The van der Waals surface area contributed by atoms with E-state index >= 15 is 0 Å². The molecule has 2 aliphatic heterocycles. The minimum absolute atomic E-state index is 0.250. The molecule has 3 nitrogen and oxygen atoms in total. The lowest BCUT2D eigenvalue weighted by atomic mass is 10.0. The summed E-state index contributed by atoms with van der Waals surface area (Å²) < 4.78 is 0. The zero-order valence-electron chi connectivity index (χ0n) is 10.6. The van der Waals surface area contributed by atoms with Crippen molar-refractivity contribution in [1.29, 1.82) is 0 Å². The molecule has 1 saturated heterocycles. The summed E-state index contributed by atoms with van der Waals surface area (Å²) in [7, 11) is 1.89. The predicted molar refractivity (Wildman–Crippen MR) is 74.0 cm³/mol. The summed E-state index contributed by atoms with van der Waals surface area (Å²) in [4.78, 5) is 17.3. The van der Waals surface area contributed by atoms with Crippen LogP contribution in [0.3, 0.4) is 0 Å². The number of fused-ring (bicyclic) bond motifs is 1. The fourth-order valence-electron chi connectivity index (χ4n) is 2.66. The maximum atomic E-state index is 11.7. The van der Waals surface area contributed by atoms with Gasteiger partial charge < -0.3 is 4.90 Å². The monoisotopic (exact) mass is 262 g/mol. The van der Waals surface area contributed by atoms with Crippen molar-refractivity contribution in [2.75, 3.05) is 39.0 Å². The molecule has 1 unspecified atom stereocenters. The first-order chi connectivity index (χ1) is 8.74. The number of amides is 1. The Balaban J connectivity index is 1.66. The smallest absolute Gasteiger partial charge is 0.236 e. The fraction of sp³-hybridized carbons (Fsp3) is 0.500. The van der Waals surface area contributed by atoms with Crippen LogP contribution in [0.15, 0.2) is 29.2 Å². The SMILES string of the molecule is CN1CCN(CC2CSc3ccccc32)CC1=O. The molecule has 2 aliphatic rings. The molecule has 4 heteroatoms. The van der Waals surface area contributed by atoms with Crippen LogP contribution in [-0.4, -0.2) is 54.7 Å². The van der Waals surface area contributed by atoms with Crippen LogP contribution in [0, 0.1) is 0 Å². The average Bonchev–Trinajstić information content (AvgIpc) is 2.78. The summed E-state index contributed by atoms with van der Waals surface area (Å²) in [5.74, 6) is 1.99. The van der Waals surface area contributed by atoms with E-state index in [0.29, 0.717) is 12.5 Å². The van der Waals surface area contributed by atoms with E-state index in [4.69, 9.17) is 0 Å². The Labute approximate surface area is 112 Å². The second kappa shape index (κ2) is 4.94.